The number of esters is 1. The Balaban J connectivity index is 1.46. The van der Waals surface area contributed by atoms with Crippen LogP contribution in [0.2, 0.25) is 0 Å². The fourth-order valence-corrected chi connectivity index (χ4v) is 5.74. The number of phosphoric ester groups is 2. The summed E-state index contributed by atoms with van der Waals surface area (Å²) in [6, 6.07) is 16.8. The Morgan fingerprint density at radius 2 is 1.57 bits per heavy atom. The maximum Gasteiger partial charge on any atom is 0.481 e. The Morgan fingerprint density at radius 3 is 2.23 bits per heavy atom. The number of ether oxygens (including phenoxy) is 2. The molecule has 17 heteroatoms. The number of aliphatic hydroxyl groups is 1. The van der Waals surface area contributed by atoms with Gasteiger partial charge in [-0.05, 0) is 17.7 Å². The van der Waals surface area contributed by atoms with E-state index in [0.29, 0.717) is 5.56 Å². The van der Waals surface area contributed by atoms with Gasteiger partial charge in [0.2, 0.25) is 0 Å². The summed E-state index contributed by atoms with van der Waals surface area (Å²) < 4.78 is 50.1. The van der Waals surface area contributed by atoms with Crippen LogP contribution in [0.3, 0.4) is 0 Å². The van der Waals surface area contributed by atoms with Crippen molar-refractivity contribution in [2.75, 3.05) is 6.61 Å². The van der Waals surface area contributed by atoms with E-state index in [0.717, 1.165) is 16.8 Å². The van der Waals surface area contributed by atoms with Crippen LogP contribution in [0.5, 0.6) is 0 Å². The van der Waals surface area contributed by atoms with Crippen LogP contribution in [0.1, 0.15) is 22.1 Å². The molecule has 6 atom stereocenters. The van der Waals surface area contributed by atoms with Crippen LogP contribution in [0.25, 0.3) is 0 Å². The van der Waals surface area contributed by atoms with Gasteiger partial charge in [0, 0.05) is 12.3 Å². The average Bonchev–Trinajstić information content (AvgIpc) is 3.21. The number of hydrogen-bond donors (Lipinski definition) is 4. The van der Waals surface area contributed by atoms with E-state index in [-0.39, 0.29) is 5.56 Å². The van der Waals surface area contributed by atoms with Gasteiger partial charge in [0.25, 0.3) is 5.56 Å². The number of aromatic nitrogens is 2. The second-order valence-electron chi connectivity index (χ2n) is 8.38. The molecule has 2 aromatic carbocycles. The zero-order chi connectivity index (χ0) is 28.9. The molecule has 0 spiro atoms. The molecule has 15 nitrogen and oxygen atoms in total. The molecule has 40 heavy (non-hydrogen) atoms. The third-order valence-corrected chi connectivity index (χ3v) is 8.12. The van der Waals surface area contributed by atoms with Gasteiger partial charge in [-0.3, -0.25) is 23.4 Å². The van der Waals surface area contributed by atoms with E-state index < -0.39 is 70.6 Å². The van der Waals surface area contributed by atoms with Gasteiger partial charge >= 0.3 is 27.3 Å². The summed E-state index contributed by atoms with van der Waals surface area (Å²) in [5, 5.41) is 10.9. The lowest BCUT2D eigenvalue weighted by Crippen LogP contribution is -2.40. The van der Waals surface area contributed by atoms with Crippen LogP contribution >= 0.6 is 15.6 Å². The third kappa shape index (κ3) is 7.70. The van der Waals surface area contributed by atoms with E-state index in [9.17, 15) is 38.4 Å². The molecule has 0 amide bonds. The lowest BCUT2D eigenvalue weighted by atomic mass is 10.1. The second kappa shape index (κ2) is 12.5. The van der Waals surface area contributed by atoms with Gasteiger partial charge in [-0.15, -0.1) is 0 Å². The highest BCUT2D eigenvalue weighted by Crippen LogP contribution is 2.60. The quantitative estimate of drug-likeness (QED) is 0.182. The molecule has 1 aliphatic rings. The van der Waals surface area contributed by atoms with E-state index in [4.69, 9.17) is 18.5 Å². The molecular formula is C23H24N2O13P2. The Bertz CT molecular complexity index is 1530. The molecule has 1 aliphatic heterocycles. The van der Waals surface area contributed by atoms with Gasteiger partial charge in [-0.2, -0.15) is 4.31 Å². The first-order valence-corrected chi connectivity index (χ1v) is 14.5. The summed E-state index contributed by atoms with van der Waals surface area (Å²) in [6.07, 6.45) is -5.26. The van der Waals surface area contributed by atoms with Crippen LogP contribution in [-0.4, -0.2) is 55.3 Å². The molecule has 214 valence electrons. The van der Waals surface area contributed by atoms with Crippen molar-refractivity contribution < 1.29 is 51.6 Å². The number of aromatic amines is 1. The largest absolute Gasteiger partial charge is 0.481 e. The van der Waals surface area contributed by atoms with Crippen molar-refractivity contribution in [2.45, 2.75) is 31.1 Å². The smallest absolute Gasteiger partial charge is 0.451 e. The molecule has 4 rings (SSSR count). The summed E-state index contributed by atoms with van der Waals surface area (Å²) in [4.78, 5) is 58.4. The number of nitrogens with one attached hydrogen (secondary N) is 1. The number of aliphatic hydroxyl groups excluding tert-OH is 1. The van der Waals surface area contributed by atoms with Gasteiger partial charge in [0.15, 0.2) is 12.3 Å². The van der Waals surface area contributed by atoms with Crippen molar-refractivity contribution in [3.8, 4) is 0 Å². The Morgan fingerprint density at radius 1 is 0.950 bits per heavy atom. The predicted molar refractivity (Wildman–Crippen MR) is 135 cm³/mol. The molecule has 0 saturated carbocycles. The Kier molecular flexibility index (Phi) is 9.31. The number of carbonyl (C=O) groups excluding carboxylic acids is 1. The van der Waals surface area contributed by atoms with Gasteiger partial charge in [0.05, 0.1) is 18.8 Å². The highest BCUT2D eigenvalue weighted by Gasteiger charge is 2.49. The molecule has 1 fully saturated rings. The minimum Gasteiger partial charge on any atom is -0.451 e. The van der Waals surface area contributed by atoms with E-state index in [2.05, 4.69) is 4.31 Å². The maximum atomic E-state index is 12.7. The van der Waals surface area contributed by atoms with Crippen LogP contribution < -0.4 is 11.2 Å². The fourth-order valence-electron chi connectivity index (χ4n) is 3.68. The molecule has 0 radical (unpaired) electrons. The van der Waals surface area contributed by atoms with Crippen LogP contribution in [0, 0.1) is 0 Å². The number of rotatable bonds is 11. The van der Waals surface area contributed by atoms with Crippen molar-refractivity contribution in [1.29, 1.82) is 0 Å². The van der Waals surface area contributed by atoms with E-state index in [1.807, 2.05) is 4.98 Å². The van der Waals surface area contributed by atoms with Crippen molar-refractivity contribution in [3.05, 3.63) is 105 Å². The van der Waals surface area contributed by atoms with E-state index in [1.165, 1.54) is 12.1 Å². The highest BCUT2D eigenvalue weighted by atomic mass is 31.3. The van der Waals surface area contributed by atoms with Crippen LogP contribution in [-0.2, 0) is 38.6 Å². The Hall–Kier alpha value is -3.23. The zero-order valence-corrected chi connectivity index (χ0v) is 22.2. The normalized spacial score (nSPS) is 23.7. The number of phosphoric acid groups is 2. The second-order valence-corrected chi connectivity index (χ2v) is 11.4. The van der Waals surface area contributed by atoms with Crippen molar-refractivity contribution in [1.82, 2.24) is 9.55 Å². The van der Waals surface area contributed by atoms with Crippen molar-refractivity contribution in [3.63, 3.8) is 0 Å². The molecule has 2 heterocycles. The number of nitrogens with zero attached hydrogens (tertiary/aromatic N) is 1. The molecule has 3 aromatic rings. The number of H-pyrrole nitrogens is 1. The van der Waals surface area contributed by atoms with Gasteiger partial charge in [-0.1, -0.05) is 48.5 Å². The Labute approximate surface area is 225 Å². The molecule has 0 bridgehead atoms. The zero-order valence-electron chi connectivity index (χ0n) is 20.4. The number of carbonyl (C=O) groups is 1. The lowest BCUT2D eigenvalue weighted by Gasteiger charge is -2.22. The summed E-state index contributed by atoms with van der Waals surface area (Å²) in [5.74, 6) is -0.884. The first kappa shape index (κ1) is 29.7. The highest BCUT2D eigenvalue weighted by molar-refractivity contribution is 7.61. The van der Waals surface area contributed by atoms with Gasteiger partial charge in [0.1, 0.15) is 12.2 Å². The van der Waals surface area contributed by atoms with Crippen LogP contribution in [0.15, 0.2) is 82.5 Å². The molecule has 4 N–H and O–H groups in total. The van der Waals surface area contributed by atoms with Gasteiger partial charge < -0.3 is 24.4 Å². The molecule has 0 aliphatic carbocycles. The third-order valence-electron chi connectivity index (χ3n) is 5.54. The summed E-state index contributed by atoms with van der Waals surface area (Å²) in [7, 11) is -10.4. The average molecular weight is 598 g/mol. The summed E-state index contributed by atoms with van der Waals surface area (Å²) >= 11 is 0. The van der Waals surface area contributed by atoms with Crippen molar-refractivity contribution >= 4 is 21.6 Å². The molecular weight excluding hydrogens is 574 g/mol. The predicted octanol–water partition coefficient (Wildman–Crippen LogP) is 1.47. The lowest BCUT2D eigenvalue weighted by molar-refractivity contribution is -0.0597. The summed E-state index contributed by atoms with van der Waals surface area (Å²) in [6.45, 7) is -1.33. The molecule has 3 unspecified atom stereocenters. The molecule has 1 saturated heterocycles. The minimum atomic E-state index is -5.27. The van der Waals surface area contributed by atoms with Gasteiger partial charge in [-0.25, -0.2) is 18.7 Å². The molecule has 1 aromatic heterocycles. The minimum absolute atomic E-state index is 0.115. The maximum absolute atomic E-state index is 12.7. The number of benzene rings is 2. The SMILES string of the molecule is O=C(OC1[C@@H](O)[C@@H](COP(=O)(O)OP(=O)(O)OCc2ccccc2)O[C@H]1n1ccc(=O)[nH]c1=O)c1ccccc1. The standard InChI is InChI=1S/C23H24N2O13P2/c26-18-11-12-25(23(29)24-18)21-20(37-22(28)16-9-5-2-6-10-16)19(27)17(36-21)14-35-40(32,33)38-39(30,31)34-13-15-7-3-1-4-8-15/h1-12,17,19-21,27H,13-14H2,(H,30,31)(H,32,33)(H,24,26,29)/t17-,19+,20?,21-/m1/s1. The first-order chi connectivity index (χ1) is 18.9. The number of hydrogen-bond acceptors (Lipinski definition) is 11. The van der Waals surface area contributed by atoms with Crippen LogP contribution in [0.4, 0.5) is 0 Å². The first-order valence-electron chi connectivity index (χ1n) is 11.5. The topological polar surface area (TPSA) is 213 Å². The fraction of sp³-hybridized carbons (Fsp3) is 0.261. The summed E-state index contributed by atoms with van der Waals surface area (Å²) in [5.41, 5.74) is -1.08. The monoisotopic (exact) mass is 598 g/mol. The van der Waals surface area contributed by atoms with Crippen molar-refractivity contribution in [2.24, 2.45) is 0 Å². The van der Waals surface area contributed by atoms with E-state index >= 15 is 0 Å². The van der Waals surface area contributed by atoms with E-state index in [1.54, 1.807) is 48.5 Å².